The average molecular weight is 909 g/mol. The highest BCUT2D eigenvalue weighted by atomic mass is 35.5. The number of amides is 1. The summed E-state index contributed by atoms with van der Waals surface area (Å²) in [5, 5.41) is 19.1. The van der Waals surface area contributed by atoms with Crippen molar-refractivity contribution < 1.29 is 69.5 Å². The van der Waals surface area contributed by atoms with Crippen LogP contribution in [-0.4, -0.2) is 72.7 Å². The molecule has 1 N–H and O–H groups in total. The van der Waals surface area contributed by atoms with Gasteiger partial charge in [0.05, 0.1) is 18.3 Å². The Morgan fingerprint density at radius 3 is 2.22 bits per heavy atom. The van der Waals surface area contributed by atoms with Crippen LogP contribution >= 0.6 is 34.5 Å². The molecule has 12 nitrogen and oxygen atoms in total. The van der Waals surface area contributed by atoms with Gasteiger partial charge < -0.3 is 29.3 Å². The molecule has 0 saturated carbocycles. The van der Waals surface area contributed by atoms with Crippen LogP contribution in [0.25, 0.3) is 0 Å². The van der Waals surface area contributed by atoms with E-state index in [1.165, 1.54) is 47.4 Å². The molecule has 21 heteroatoms. The number of nitrogens with zero attached hydrogens (tertiary/aromatic N) is 3. The molecule has 0 aliphatic carbocycles. The van der Waals surface area contributed by atoms with Gasteiger partial charge in [-0.3, -0.25) is 9.80 Å². The molecule has 7 rings (SSSR count). The van der Waals surface area contributed by atoms with Crippen molar-refractivity contribution in [3.63, 3.8) is 0 Å². The van der Waals surface area contributed by atoms with Gasteiger partial charge in [-0.25, -0.2) is 18.8 Å². The zero-order valence-electron chi connectivity index (χ0n) is 31.7. The van der Waals surface area contributed by atoms with Crippen molar-refractivity contribution in [2.75, 3.05) is 24.5 Å². The predicted octanol–water partition coefficient (Wildman–Crippen LogP) is 9.23. The van der Waals surface area contributed by atoms with Gasteiger partial charge in [0, 0.05) is 23.4 Å². The lowest BCUT2D eigenvalue weighted by molar-refractivity contribution is -0.605. The summed E-state index contributed by atoms with van der Waals surface area (Å²) in [5.41, 5.74) is 0.664. The number of aromatic nitrogens is 1. The van der Waals surface area contributed by atoms with Gasteiger partial charge in [0.25, 0.3) is 0 Å². The molecule has 3 aliphatic rings. The van der Waals surface area contributed by atoms with Crippen LogP contribution in [0.1, 0.15) is 58.5 Å². The number of fused-ring (bicyclic) bond motifs is 3. The van der Waals surface area contributed by atoms with E-state index >= 15 is 4.39 Å². The second kappa shape index (κ2) is 20.1. The summed E-state index contributed by atoms with van der Waals surface area (Å²) in [7, 11) is 0. The molecule has 3 aliphatic heterocycles. The maximum Gasteiger partial charge on any atom is 0.490 e. The fourth-order valence-corrected chi connectivity index (χ4v) is 7.95. The maximum absolute atomic E-state index is 15.1. The molecule has 0 spiro atoms. The Bertz CT molecular complexity index is 2130. The van der Waals surface area contributed by atoms with Crippen LogP contribution in [0.4, 0.5) is 36.8 Å². The highest BCUT2D eigenvalue weighted by Crippen LogP contribution is 2.38. The fraction of sp³-hybridized carbons (Fsp3) is 0.385. The molecule has 4 aromatic rings. The van der Waals surface area contributed by atoms with E-state index in [2.05, 4.69) is 9.64 Å². The first kappa shape index (κ1) is 46.1. The van der Waals surface area contributed by atoms with Gasteiger partial charge >= 0.3 is 30.8 Å². The molecule has 2 bridgehead atoms. The van der Waals surface area contributed by atoms with Crippen molar-refractivity contribution in [2.45, 2.75) is 70.8 Å². The number of carboxylic acids is 1. The lowest BCUT2D eigenvalue weighted by atomic mass is 9.86. The number of alkyl halides is 5. The number of rotatable bonds is 13. The first-order valence-corrected chi connectivity index (χ1v) is 19.7. The third-order valence-corrected chi connectivity index (χ3v) is 10.9. The first-order chi connectivity index (χ1) is 28.3. The summed E-state index contributed by atoms with van der Waals surface area (Å²) in [4.78, 5) is 40.5. The Morgan fingerprint density at radius 1 is 1.00 bits per heavy atom. The number of aliphatic carboxylic acids is 1. The minimum atomic E-state index is -5.08. The molecule has 324 valence electrons. The molecule has 0 unspecified atom stereocenters. The second-order valence-corrected chi connectivity index (χ2v) is 15.8. The van der Waals surface area contributed by atoms with E-state index in [-0.39, 0.29) is 57.1 Å². The number of hydrogen-bond donors (Lipinski definition) is 1. The molecule has 2 atom stereocenters. The van der Waals surface area contributed by atoms with Gasteiger partial charge in [0.2, 0.25) is 0 Å². The van der Waals surface area contributed by atoms with Crippen molar-refractivity contribution in [2.24, 2.45) is 5.92 Å². The lowest BCUT2D eigenvalue weighted by Crippen LogP contribution is -2.53. The zero-order chi connectivity index (χ0) is 43.9. The van der Waals surface area contributed by atoms with Crippen molar-refractivity contribution in [1.29, 1.82) is 0 Å². The third-order valence-electron chi connectivity index (χ3n) is 9.25. The Morgan fingerprint density at radius 2 is 1.65 bits per heavy atom. The number of ether oxygens (including phenoxy) is 4. The number of benzene rings is 2. The summed E-state index contributed by atoms with van der Waals surface area (Å²) in [6, 6.07) is 13.2. The van der Waals surface area contributed by atoms with Gasteiger partial charge in [-0.2, -0.15) is 26.7 Å². The Kier molecular flexibility index (Phi) is 15.4. The highest BCUT2D eigenvalue weighted by molar-refractivity contribution is 7.14. The number of piperidine rings is 3. The van der Waals surface area contributed by atoms with Crippen LogP contribution in [-0.2, 0) is 27.2 Å². The van der Waals surface area contributed by atoms with Crippen molar-refractivity contribution in [1.82, 2.24) is 4.90 Å². The van der Waals surface area contributed by atoms with Gasteiger partial charge in [-0.1, -0.05) is 41.4 Å². The maximum atomic E-state index is 15.1. The summed E-state index contributed by atoms with van der Waals surface area (Å²) in [6.07, 6.45) is -3.66. The Labute approximate surface area is 353 Å². The topological polar surface area (TPSA) is 142 Å². The molecule has 1 amide bonds. The van der Waals surface area contributed by atoms with Crippen LogP contribution in [0.2, 0.25) is 10.0 Å². The number of anilines is 1. The van der Waals surface area contributed by atoms with E-state index in [0.717, 1.165) is 49.7 Å². The van der Waals surface area contributed by atoms with Gasteiger partial charge in [-0.05, 0) is 87.7 Å². The number of pyridine rings is 1. The molecule has 2 aromatic heterocycles. The highest BCUT2D eigenvalue weighted by Gasteiger charge is 2.39. The largest absolute Gasteiger partial charge is 0.619 e. The lowest BCUT2D eigenvalue weighted by Gasteiger charge is -2.44. The zero-order valence-corrected chi connectivity index (χ0v) is 34.0. The molecule has 5 heterocycles. The first-order valence-electron chi connectivity index (χ1n) is 18.2. The van der Waals surface area contributed by atoms with Crippen LogP contribution in [0, 0.1) is 16.9 Å². The van der Waals surface area contributed by atoms with Crippen LogP contribution < -0.4 is 19.1 Å². The second-order valence-electron chi connectivity index (χ2n) is 13.8. The third kappa shape index (κ3) is 12.3. The Hall–Kier alpha value is -4.98. The van der Waals surface area contributed by atoms with Gasteiger partial charge in [-0.15, -0.1) is 11.3 Å². The minimum Gasteiger partial charge on any atom is -0.619 e. The molecule has 60 heavy (non-hydrogen) atoms. The van der Waals surface area contributed by atoms with Crippen LogP contribution in [0.5, 0.6) is 11.5 Å². The molecule has 3 fully saturated rings. The van der Waals surface area contributed by atoms with Crippen molar-refractivity contribution in [3.8, 4) is 11.5 Å². The number of halogens is 8. The molecular weight excluding hydrogens is 871 g/mol. The number of carbonyl (C=O) groups excluding carboxylic acids is 2. The van der Waals surface area contributed by atoms with E-state index in [1.807, 2.05) is 0 Å². The van der Waals surface area contributed by atoms with Crippen LogP contribution in [0.3, 0.4) is 0 Å². The monoisotopic (exact) mass is 907 g/mol. The molecule has 3 saturated heterocycles. The van der Waals surface area contributed by atoms with E-state index in [0.29, 0.717) is 27.3 Å². The van der Waals surface area contributed by atoms with E-state index in [4.69, 9.17) is 47.3 Å². The molecule has 2 aromatic carbocycles. The number of hydrogen-bond acceptors (Lipinski definition) is 10. The molecular formula is C39H37Cl2F6N3O9S. The standard InChI is InChI=1S/C37H36Cl2F3N3O7S.C2HF3O2/c1-21(2)49-32-15-23(7-9-30(32)51-36(41)42)31(16-25-26(38)18-44(48)19-27(25)39)50-35(46)34-10-8-24(53-34)17-45(29-6-4-3-5-28(29)40)37(47)52-33-20-43-13-11-22(33)12-14-43;3-2(4,5)1(6)7/h3-10,15,18-19,21-22,31,33,36H,11-14,16-17,20H2,1-2H3;(H,6,7)/t31-,33-;/m0./s1. The summed E-state index contributed by atoms with van der Waals surface area (Å²) in [6.45, 7) is 2.75. The summed E-state index contributed by atoms with van der Waals surface area (Å²) >= 11 is 13.8. The Balaban J connectivity index is 0.000000896. The van der Waals surface area contributed by atoms with Gasteiger partial charge in [0.15, 0.2) is 23.9 Å². The van der Waals surface area contributed by atoms with Crippen LogP contribution in [0.15, 0.2) is 67.0 Å². The minimum absolute atomic E-state index is 0.0154. The fourth-order valence-electron chi connectivity index (χ4n) is 6.47. The van der Waals surface area contributed by atoms with Gasteiger partial charge in [0.1, 0.15) is 32.9 Å². The SMILES string of the molecule is CC(C)Oc1cc([C@H](Cc2c(Cl)c[n+]([O-])cc2Cl)OC(=O)c2ccc(CN(C(=O)O[C@H]3CN4CCC3CC4)c3ccccc3F)s2)ccc1OC(F)F.O=C(O)C(F)(F)F. The smallest absolute Gasteiger partial charge is 0.490 e. The predicted molar refractivity (Wildman–Crippen MR) is 206 cm³/mol. The number of esters is 1. The summed E-state index contributed by atoms with van der Waals surface area (Å²) < 4.78 is 96.0. The van der Waals surface area contributed by atoms with E-state index in [1.54, 1.807) is 26.0 Å². The molecule has 0 radical (unpaired) electrons. The number of para-hydroxylation sites is 1. The van der Waals surface area contributed by atoms with E-state index < -0.39 is 48.8 Å². The normalized spacial score (nSPS) is 17.7. The number of carbonyl (C=O) groups is 3. The summed E-state index contributed by atoms with van der Waals surface area (Å²) in [5.74, 6) is -4.13. The average Bonchev–Trinajstić information content (AvgIpc) is 3.65. The van der Waals surface area contributed by atoms with E-state index in [9.17, 15) is 36.7 Å². The van der Waals surface area contributed by atoms with Crippen molar-refractivity contribution in [3.05, 3.63) is 109 Å². The van der Waals surface area contributed by atoms with Crippen molar-refractivity contribution >= 4 is 58.3 Å². The quantitative estimate of drug-likeness (QED) is 0.0598. The number of carboxylic acid groups (broad SMARTS) is 1. The number of thiophene rings is 1.